The number of piperidine rings is 1. The molecular formula is C21H31ClN2O2. The number of halogens is 1. The smallest absolute Gasteiger partial charge is 0.253 e. The molecule has 2 unspecified atom stereocenters. The van der Waals surface area contributed by atoms with Crippen LogP contribution in [0.15, 0.2) is 24.3 Å². The molecule has 2 heterocycles. The molecule has 2 saturated heterocycles. The Hall–Kier alpha value is -1.26. The maximum absolute atomic E-state index is 12.8. The van der Waals surface area contributed by atoms with Crippen LogP contribution in [0.5, 0.6) is 5.75 Å². The summed E-state index contributed by atoms with van der Waals surface area (Å²) in [6.07, 6.45) is 11.2. The molecule has 2 bridgehead atoms. The number of hydrogen-bond acceptors (Lipinski definition) is 3. The van der Waals surface area contributed by atoms with Gasteiger partial charge in [-0.3, -0.25) is 4.79 Å². The fourth-order valence-electron chi connectivity index (χ4n) is 4.76. The fourth-order valence-corrected chi connectivity index (χ4v) is 4.76. The third kappa shape index (κ3) is 4.34. The number of amides is 1. The zero-order chi connectivity index (χ0) is 17.2. The summed E-state index contributed by atoms with van der Waals surface area (Å²) in [5, 5.41) is 3.65. The van der Waals surface area contributed by atoms with Gasteiger partial charge in [0.25, 0.3) is 5.91 Å². The van der Waals surface area contributed by atoms with Crippen molar-refractivity contribution >= 4 is 18.3 Å². The minimum Gasteiger partial charge on any atom is -0.490 e. The van der Waals surface area contributed by atoms with Gasteiger partial charge in [0.15, 0.2) is 0 Å². The molecule has 5 heteroatoms. The van der Waals surface area contributed by atoms with Crippen LogP contribution in [0.3, 0.4) is 0 Å². The van der Waals surface area contributed by atoms with Gasteiger partial charge >= 0.3 is 0 Å². The van der Waals surface area contributed by atoms with Crippen LogP contribution in [0.4, 0.5) is 0 Å². The van der Waals surface area contributed by atoms with Crippen molar-refractivity contribution in [1.29, 1.82) is 0 Å². The average molecular weight is 379 g/mol. The molecule has 0 aromatic heterocycles. The summed E-state index contributed by atoms with van der Waals surface area (Å²) in [6.45, 7) is 0. The molecule has 1 N–H and O–H groups in total. The van der Waals surface area contributed by atoms with Crippen molar-refractivity contribution in [2.75, 3.05) is 7.05 Å². The highest BCUT2D eigenvalue weighted by Gasteiger charge is 2.36. The third-order valence-electron chi connectivity index (χ3n) is 6.27. The van der Waals surface area contributed by atoms with E-state index in [2.05, 4.69) is 5.32 Å². The molecule has 144 valence electrons. The van der Waals surface area contributed by atoms with Crippen LogP contribution in [0.25, 0.3) is 0 Å². The number of rotatable bonds is 4. The number of benzene rings is 1. The molecule has 2 atom stereocenters. The molecule has 1 amide bonds. The lowest BCUT2D eigenvalue weighted by molar-refractivity contribution is 0.0681. The third-order valence-corrected chi connectivity index (χ3v) is 6.27. The summed E-state index contributed by atoms with van der Waals surface area (Å²) in [5.74, 6) is 1.03. The number of nitrogens with one attached hydrogen (secondary N) is 1. The second-order valence-corrected chi connectivity index (χ2v) is 8.08. The zero-order valence-electron chi connectivity index (χ0n) is 15.7. The summed E-state index contributed by atoms with van der Waals surface area (Å²) < 4.78 is 6.07. The van der Waals surface area contributed by atoms with Crippen LogP contribution < -0.4 is 10.1 Å². The van der Waals surface area contributed by atoms with E-state index in [1.807, 2.05) is 36.2 Å². The molecule has 26 heavy (non-hydrogen) atoms. The van der Waals surface area contributed by atoms with E-state index < -0.39 is 0 Å². The lowest BCUT2D eigenvalue weighted by Crippen LogP contribution is -2.48. The minimum absolute atomic E-state index is 0. The first-order valence-electron chi connectivity index (χ1n) is 9.99. The van der Waals surface area contributed by atoms with Gasteiger partial charge < -0.3 is 15.0 Å². The molecule has 1 aromatic rings. The molecule has 1 aromatic carbocycles. The molecule has 1 aliphatic carbocycles. The number of carbonyl (C=O) groups is 1. The van der Waals surface area contributed by atoms with Crippen molar-refractivity contribution in [1.82, 2.24) is 10.2 Å². The Balaban J connectivity index is 0.00000196. The Labute approximate surface area is 163 Å². The van der Waals surface area contributed by atoms with Crippen LogP contribution in [0, 0.1) is 0 Å². The predicted molar refractivity (Wildman–Crippen MR) is 106 cm³/mol. The van der Waals surface area contributed by atoms with Crippen LogP contribution in [-0.4, -0.2) is 42.1 Å². The summed E-state index contributed by atoms with van der Waals surface area (Å²) >= 11 is 0. The van der Waals surface area contributed by atoms with E-state index >= 15 is 0 Å². The highest BCUT2D eigenvalue weighted by molar-refractivity contribution is 5.94. The fraction of sp³-hybridized carbons (Fsp3) is 0.667. The Morgan fingerprint density at radius 3 is 2.23 bits per heavy atom. The average Bonchev–Trinajstić information content (AvgIpc) is 3.00. The Morgan fingerprint density at radius 1 is 1.00 bits per heavy atom. The van der Waals surface area contributed by atoms with Crippen LogP contribution in [-0.2, 0) is 0 Å². The first-order valence-corrected chi connectivity index (χ1v) is 9.99. The molecule has 0 radical (unpaired) electrons. The number of nitrogens with zero attached hydrogens (tertiary/aromatic N) is 1. The second kappa shape index (κ2) is 8.62. The van der Waals surface area contributed by atoms with E-state index in [1.54, 1.807) is 0 Å². The summed E-state index contributed by atoms with van der Waals surface area (Å²) in [7, 11) is 1.96. The predicted octanol–water partition coefficient (Wildman–Crippen LogP) is 4.17. The second-order valence-electron chi connectivity index (χ2n) is 8.08. The van der Waals surface area contributed by atoms with Crippen molar-refractivity contribution in [2.45, 2.75) is 82.0 Å². The number of carbonyl (C=O) groups excluding carboxylic acids is 1. The monoisotopic (exact) mass is 378 g/mol. The van der Waals surface area contributed by atoms with Crippen LogP contribution in [0.2, 0.25) is 0 Å². The highest BCUT2D eigenvalue weighted by Crippen LogP contribution is 2.30. The summed E-state index contributed by atoms with van der Waals surface area (Å²) in [4.78, 5) is 14.8. The van der Waals surface area contributed by atoms with E-state index in [0.29, 0.717) is 24.2 Å². The lowest BCUT2D eigenvalue weighted by Gasteiger charge is -2.35. The summed E-state index contributed by atoms with van der Waals surface area (Å²) in [5.41, 5.74) is 0.768. The maximum atomic E-state index is 12.8. The van der Waals surface area contributed by atoms with E-state index in [9.17, 15) is 4.79 Å². The standard InChI is InChI=1S/C21H30N2O2.ClH/c1-23(18-13-16-9-10-17(14-18)22-16)21(24)15-7-11-20(12-8-15)25-19-5-3-2-4-6-19;/h7-8,11-12,16-19,22H,2-6,9-10,13-14H2,1H3;1H. The van der Waals surface area contributed by atoms with Gasteiger partial charge in [0.2, 0.25) is 0 Å². The van der Waals surface area contributed by atoms with Gasteiger partial charge in [-0.05, 0) is 75.6 Å². The largest absolute Gasteiger partial charge is 0.490 e. The summed E-state index contributed by atoms with van der Waals surface area (Å²) in [6, 6.07) is 9.34. The Morgan fingerprint density at radius 2 is 1.62 bits per heavy atom. The van der Waals surface area contributed by atoms with Gasteiger partial charge in [0.1, 0.15) is 5.75 Å². The molecule has 2 aliphatic heterocycles. The van der Waals surface area contributed by atoms with Crippen molar-refractivity contribution in [3.05, 3.63) is 29.8 Å². The molecule has 0 spiro atoms. The van der Waals surface area contributed by atoms with Gasteiger partial charge in [0.05, 0.1) is 6.10 Å². The van der Waals surface area contributed by atoms with Crippen molar-refractivity contribution in [3.8, 4) is 5.75 Å². The Bertz CT molecular complexity index is 589. The SMILES string of the molecule is CN(C(=O)c1ccc(OC2CCCCC2)cc1)C1CC2CCC(C1)N2.Cl. The topological polar surface area (TPSA) is 41.6 Å². The molecule has 1 saturated carbocycles. The van der Waals surface area contributed by atoms with Gasteiger partial charge in [-0.2, -0.15) is 0 Å². The molecule has 3 fully saturated rings. The van der Waals surface area contributed by atoms with Gasteiger partial charge in [0, 0.05) is 30.7 Å². The van der Waals surface area contributed by atoms with Gasteiger partial charge in [-0.1, -0.05) is 6.42 Å². The van der Waals surface area contributed by atoms with Gasteiger partial charge in [-0.25, -0.2) is 0 Å². The van der Waals surface area contributed by atoms with E-state index in [-0.39, 0.29) is 18.3 Å². The van der Waals surface area contributed by atoms with E-state index in [0.717, 1.165) is 37.0 Å². The molecule has 3 aliphatic rings. The van der Waals surface area contributed by atoms with E-state index in [4.69, 9.17) is 4.74 Å². The maximum Gasteiger partial charge on any atom is 0.253 e. The minimum atomic E-state index is 0. The highest BCUT2D eigenvalue weighted by atomic mass is 35.5. The normalized spacial score (nSPS) is 28.3. The molecule has 4 rings (SSSR count). The van der Waals surface area contributed by atoms with Crippen molar-refractivity contribution in [3.63, 3.8) is 0 Å². The van der Waals surface area contributed by atoms with Crippen molar-refractivity contribution in [2.24, 2.45) is 0 Å². The van der Waals surface area contributed by atoms with Crippen LogP contribution >= 0.6 is 12.4 Å². The van der Waals surface area contributed by atoms with Gasteiger partial charge in [-0.15, -0.1) is 12.4 Å². The Kier molecular flexibility index (Phi) is 6.46. The quantitative estimate of drug-likeness (QED) is 0.854. The molecule has 4 nitrogen and oxygen atoms in total. The number of hydrogen-bond donors (Lipinski definition) is 1. The number of fused-ring (bicyclic) bond motifs is 2. The first-order chi connectivity index (χ1) is 12.2. The number of ether oxygens (including phenoxy) is 1. The first kappa shape index (κ1) is 19.5. The van der Waals surface area contributed by atoms with Crippen LogP contribution in [0.1, 0.15) is 68.1 Å². The zero-order valence-corrected chi connectivity index (χ0v) is 16.5. The van der Waals surface area contributed by atoms with Crippen molar-refractivity contribution < 1.29 is 9.53 Å². The van der Waals surface area contributed by atoms with E-state index in [1.165, 1.54) is 32.1 Å². The molecular weight excluding hydrogens is 348 g/mol. The lowest BCUT2D eigenvalue weighted by atomic mass is 9.97.